The monoisotopic (exact) mass is 416 g/mol. The minimum absolute atomic E-state index is 0.0682. The van der Waals surface area contributed by atoms with E-state index in [0.29, 0.717) is 30.3 Å². The first-order valence-corrected chi connectivity index (χ1v) is 12.0. The minimum atomic E-state index is -0.338. The second-order valence-electron chi connectivity index (χ2n) is 11.2. The zero-order valence-electron chi connectivity index (χ0n) is 18.6. The van der Waals surface area contributed by atoms with E-state index in [-0.39, 0.29) is 40.9 Å². The molecule has 5 nitrogen and oxygen atoms in total. The first-order chi connectivity index (χ1) is 14.2. The van der Waals surface area contributed by atoms with Crippen molar-refractivity contribution in [1.82, 2.24) is 0 Å². The van der Waals surface area contributed by atoms with Crippen molar-refractivity contribution in [3.8, 4) is 0 Å². The first kappa shape index (κ1) is 20.5. The number of carbonyl (C=O) groups excluding carboxylic acids is 2. The number of rotatable bonds is 2. The fraction of sp³-hybridized carbons (Fsp3) is 0.840. The number of hydrogen-bond acceptors (Lipinski definition) is 5. The van der Waals surface area contributed by atoms with Crippen LogP contribution in [0.1, 0.15) is 72.1 Å². The van der Waals surface area contributed by atoms with E-state index in [1.165, 1.54) is 19.8 Å². The van der Waals surface area contributed by atoms with Crippen LogP contribution < -0.4 is 0 Å². The van der Waals surface area contributed by atoms with Gasteiger partial charge in [0.1, 0.15) is 12.7 Å². The van der Waals surface area contributed by atoms with Gasteiger partial charge >= 0.3 is 11.9 Å². The summed E-state index contributed by atoms with van der Waals surface area (Å²) in [6.45, 7) is 6.65. The zero-order chi connectivity index (χ0) is 21.3. The van der Waals surface area contributed by atoms with E-state index < -0.39 is 0 Å². The molecule has 0 aromatic rings. The van der Waals surface area contributed by atoms with Gasteiger partial charge in [-0.05, 0) is 91.9 Å². The van der Waals surface area contributed by atoms with Crippen LogP contribution in [0.15, 0.2) is 11.6 Å². The van der Waals surface area contributed by atoms with Gasteiger partial charge in [-0.15, -0.1) is 0 Å². The third-order valence-corrected chi connectivity index (χ3v) is 10.2. The summed E-state index contributed by atoms with van der Waals surface area (Å²) in [7, 11) is 0. The molecule has 30 heavy (non-hydrogen) atoms. The zero-order valence-corrected chi connectivity index (χ0v) is 18.6. The Kier molecular flexibility index (Phi) is 4.85. The van der Waals surface area contributed by atoms with Crippen molar-refractivity contribution < 1.29 is 24.2 Å². The predicted octanol–water partition coefficient (Wildman–Crippen LogP) is 4.03. The first-order valence-electron chi connectivity index (χ1n) is 12.0. The van der Waals surface area contributed by atoms with Crippen LogP contribution in [-0.2, 0) is 19.1 Å². The maximum absolute atomic E-state index is 11.7. The van der Waals surface area contributed by atoms with Gasteiger partial charge < -0.3 is 14.6 Å². The fourth-order valence-corrected chi connectivity index (χ4v) is 8.72. The smallest absolute Gasteiger partial charge is 0.331 e. The molecule has 5 aliphatic rings. The highest BCUT2D eigenvalue weighted by Gasteiger charge is 2.64. The molecule has 0 radical (unpaired) electrons. The number of carbonyl (C=O) groups is 2. The Bertz CT molecular complexity index is 774. The van der Waals surface area contributed by atoms with Crippen molar-refractivity contribution in [1.29, 1.82) is 0 Å². The van der Waals surface area contributed by atoms with Crippen LogP contribution in [0.3, 0.4) is 0 Å². The largest absolute Gasteiger partial charge is 0.463 e. The van der Waals surface area contributed by atoms with E-state index in [0.717, 1.165) is 44.1 Å². The summed E-state index contributed by atoms with van der Waals surface area (Å²) >= 11 is 0. The van der Waals surface area contributed by atoms with Crippen molar-refractivity contribution in [3.63, 3.8) is 0 Å². The number of esters is 2. The molecular weight excluding hydrogens is 380 g/mol. The third-order valence-electron chi connectivity index (χ3n) is 10.2. The number of fused-ring (bicyclic) bond motifs is 5. The topological polar surface area (TPSA) is 72.8 Å². The Morgan fingerprint density at radius 3 is 2.63 bits per heavy atom. The van der Waals surface area contributed by atoms with Crippen LogP contribution in [0, 0.1) is 40.4 Å². The molecule has 4 fully saturated rings. The molecular formula is C25H36O5. The van der Waals surface area contributed by atoms with E-state index in [2.05, 4.69) is 13.8 Å². The summed E-state index contributed by atoms with van der Waals surface area (Å²) in [6, 6.07) is 0. The highest BCUT2D eigenvalue weighted by molar-refractivity contribution is 5.85. The van der Waals surface area contributed by atoms with Crippen molar-refractivity contribution >= 4 is 11.9 Å². The van der Waals surface area contributed by atoms with E-state index in [1.807, 2.05) is 0 Å². The summed E-state index contributed by atoms with van der Waals surface area (Å²) < 4.78 is 10.8. The lowest BCUT2D eigenvalue weighted by atomic mass is 9.44. The molecule has 4 aliphatic carbocycles. The number of aliphatic hydroxyl groups excluding tert-OH is 1. The molecule has 1 heterocycles. The molecule has 0 bridgehead atoms. The SMILES string of the molecule is CC(=O)O[C@H]1CC[C@@]2(C)[C@H](CC[C@@H]3[C@@H]2C[C@H](O)[C@]2(C)[C@@H](C4=CC(=O)OC4)CC[C@@H]32)C1. The Morgan fingerprint density at radius 1 is 1.13 bits per heavy atom. The summed E-state index contributed by atoms with van der Waals surface area (Å²) in [6.07, 6.45) is 9.90. The number of cyclic esters (lactones) is 1. The maximum atomic E-state index is 11.7. The summed E-state index contributed by atoms with van der Waals surface area (Å²) in [5, 5.41) is 11.5. The molecule has 0 saturated heterocycles. The molecule has 0 aromatic carbocycles. The van der Waals surface area contributed by atoms with Crippen molar-refractivity contribution in [2.45, 2.75) is 84.3 Å². The molecule has 0 aromatic heterocycles. The van der Waals surface area contributed by atoms with Gasteiger partial charge in [0.05, 0.1) is 6.10 Å². The predicted molar refractivity (Wildman–Crippen MR) is 111 cm³/mol. The molecule has 5 rings (SSSR count). The second-order valence-corrected chi connectivity index (χ2v) is 11.2. The number of hydrogen-bond donors (Lipinski definition) is 1. The Balaban J connectivity index is 1.39. The highest BCUT2D eigenvalue weighted by atomic mass is 16.5. The van der Waals surface area contributed by atoms with Crippen molar-refractivity contribution in [3.05, 3.63) is 11.6 Å². The van der Waals surface area contributed by atoms with Gasteiger partial charge in [-0.2, -0.15) is 0 Å². The molecule has 4 saturated carbocycles. The van der Waals surface area contributed by atoms with Crippen LogP contribution in [0.25, 0.3) is 0 Å². The van der Waals surface area contributed by atoms with Gasteiger partial charge in [0.15, 0.2) is 0 Å². The molecule has 0 amide bonds. The summed E-state index contributed by atoms with van der Waals surface area (Å²) in [5.41, 5.74) is 1.18. The average Bonchev–Trinajstić information content (AvgIpc) is 3.26. The Labute approximate surface area is 179 Å². The summed E-state index contributed by atoms with van der Waals surface area (Å²) in [5.74, 6) is 2.14. The van der Waals surface area contributed by atoms with Gasteiger partial charge in [-0.25, -0.2) is 4.79 Å². The second kappa shape index (κ2) is 7.08. The van der Waals surface area contributed by atoms with E-state index in [9.17, 15) is 14.7 Å². The highest BCUT2D eigenvalue weighted by Crippen LogP contribution is 2.68. The lowest BCUT2D eigenvalue weighted by Crippen LogP contribution is -2.58. The minimum Gasteiger partial charge on any atom is -0.463 e. The number of aliphatic hydroxyl groups is 1. The molecule has 1 aliphatic heterocycles. The van der Waals surface area contributed by atoms with Crippen LogP contribution >= 0.6 is 0 Å². The van der Waals surface area contributed by atoms with Gasteiger partial charge in [0.25, 0.3) is 0 Å². The van der Waals surface area contributed by atoms with Gasteiger partial charge in [-0.3, -0.25) is 4.79 Å². The Morgan fingerprint density at radius 2 is 1.93 bits per heavy atom. The Hall–Kier alpha value is -1.36. The molecule has 0 unspecified atom stereocenters. The lowest BCUT2D eigenvalue weighted by molar-refractivity contribution is -0.176. The van der Waals surface area contributed by atoms with Crippen LogP contribution in [0.4, 0.5) is 0 Å². The molecule has 166 valence electrons. The van der Waals surface area contributed by atoms with Crippen LogP contribution in [0.2, 0.25) is 0 Å². The van der Waals surface area contributed by atoms with E-state index >= 15 is 0 Å². The fourth-order valence-electron chi connectivity index (χ4n) is 8.72. The summed E-state index contributed by atoms with van der Waals surface area (Å²) in [4.78, 5) is 23.1. The number of ether oxygens (including phenoxy) is 2. The standard InChI is InChI=1S/C25H36O5/c1-14(26)30-17-8-9-24(2)16(11-17)4-5-18-20-7-6-19(15-10-23(28)29-13-15)25(20,3)22(27)12-21(18)24/h10,16-22,27H,4-9,11-13H2,1-3H3/t16-,17+,18+,19-,20+,21+,22+,24+,25-/m1/s1. The molecule has 0 spiro atoms. The molecule has 9 atom stereocenters. The van der Waals surface area contributed by atoms with Crippen LogP contribution in [0.5, 0.6) is 0 Å². The van der Waals surface area contributed by atoms with Crippen LogP contribution in [-0.4, -0.2) is 35.9 Å². The maximum Gasteiger partial charge on any atom is 0.331 e. The third kappa shape index (κ3) is 2.91. The van der Waals surface area contributed by atoms with E-state index in [1.54, 1.807) is 6.08 Å². The normalized spacial score (nSPS) is 50.1. The van der Waals surface area contributed by atoms with Gasteiger partial charge in [0.2, 0.25) is 0 Å². The average molecular weight is 417 g/mol. The van der Waals surface area contributed by atoms with Crippen molar-refractivity contribution in [2.24, 2.45) is 40.4 Å². The van der Waals surface area contributed by atoms with Gasteiger partial charge in [-0.1, -0.05) is 13.8 Å². The quantitative estimate of drug-likeness (QED) is 0.688. The lowest BCUT2D eigenvalue weighted by Gasteiger charge is -2.62. The van der Waals surface area contributed by atoms with Crippen molar-refractivity contribution in [2.75, 3.05) is 6.61 Å². The molecule has 5 heteroatoms. The van der Waals surface area contributed by atoms with E-state index in [4.69, 9.17) is 9.47 Å². The molecule has 1 N–H and O–H groups in total. The van der Waals surface area contributed by atoms with Gasteiger partial charge in [0, 0.05) is 18.4 Å².